The molecule has 0 aromatic heterocycles. The molecule has 34 heavy (non-hydrogen) atoms. The maximum atomic E-state index is 14.8. The second-order valence-corrected chi connectivity index (χ2v) is 7.45. The third-order valence-corrected chi connectivity index (χ3v) is 5.14. The first kappa shape index (κ1) is 22.7. The molecule has 0 fully saturated rings. The lowest BCUT2D eigenvalue weighted by Crippen LogP contribution is -2.05. The molecule has 4 aromatic rings. The van der Waals surface area contributed by atoms with Gasteiger partial charge in [0, 0.05) is 0 Å². The van der Waals surface area contributed by atoms with Crippen molar-refractivity contribution >= 4 is 11.4 Å². The molecular weight excluding hydrogens is 442 g/mol. The SMILES string of the molecule is Nc1c(F)c(OCc2ccccc2)cc(-c2ccc(OCc3ccccc3)c(F)c2)c1[N+](=O)[O-]. The summed E-state index contributed by atoms with van der Waals surface area (Å²) in [6.07, 6.45) is 0. The molecule has 0 saturated carbocycles. The van der Waals surface area contributed by atoms with Gasteiger partial charge in [0.05, 0.1) is 10.5 Å². The summed E-state index contributed by atoms with van der Waals surface area (Å²) in [6.45, 7) is 0.174. The van der Waals surface area contributed by atoms with Gasteiger partial charge in [-0.2, -0.15) is 0 Å². The fourth-order valence-electron chi connectivity index (χ4n) is 3.42. The summed E-state index contributed by atoms with van der Waals surface area (Å²) in [7, 11) is 0. The number of halogens is 2. The number of nitrogens with two attached hydrogens (primary N) is 1. The van der Waals surface area contributed by atoms with Gasteiger partial charge in [0.15, 0.2) is 28.8 Å². The first-order valence-electron chi connectivity index (χ1n) is 10.3. The van der Waals surface area contributed by atoms with E-state index in [1.165, 1.54) is 12.1 Å². The predicted molar refractivity (Wildman–Crippen MR) is 124 cm³/mol. The lowest BCUT2D eigenvalue weighted by Gasteiger charge is -2.13. The van der Waals surface area contributed by atoms with Crippen LogP contribution in [0.5, 0.6) is 11.5 Å². The van der Waals surface area contributed by atoms with Crippen molar-refractivity contribution < 1.29 is 23.2 Å². The molecule has 172 valence electrons. The van der Waals surface area contributed by atoms with Crippen LogP contribution in [0, 0.1) is 21.7 Å². The lowest BCUT2D eigenvalue weighted by atomic mass is 10.0. The van der Waals surface area contributed by atoms with E-state index >= 15 is 0 Å². The van der Waals surface area contributed by atoms with Gasteiger partial charge in [-0.05, 0) is 34.9 Å². The molecule has 2 N–H and O–H groups in total. The molecule has 0 amide bonds. The van der Waals surface area contributed by atoms with Crippen molar-refractivity contribution in [1.82, 2.24) is 0 Å². The third-order valence-electron chi connectivity index (χ3n) is 5.14. The number of nitro benzene ring substituents is 1. The number of hydrogen-bond acceptors (Lipinski definition) is 5. The number of anilines is 1. The molecular formula is C26H20F2N2O4. The maximum Gasteiger partial charge on any atom is 0.303 e. The minimum Gasteiger partial charge on any atom is -0.486 e. The van der Waals surface area contributed by atoms with Crippen molar-refractivity contribution in [3.8, 4) is 22.6 Å². The van der Waals surface area contributed by atoms with Crippen molar-refractivity contribution in [2.75, 3.05) is 5.73 Å². The molecule has 0 aliphatic heterocycles. The zero-order valence-electron chi connectivity index (χ0n) is 17.9. The summed E-state index contributed by atoms with van der Waals surface area (Å²) in [6, 6.07) is 23.3. The van der Waals surface area contributed by atoms with E-state index in [2.05, 4.69) is 0 Å². The molecule has 0 radical (unpaired) electrons. The van der Waals surface area contributed by atoms with Crippen LogP contribution in [-0.4, -0.2) is 4.92 Å². The van der Waals surface area contributed by atoms with E-state index in [0.29, 0.717) is 0 Å². The van der Waals surface area contributed by atoms with E-state index in [4.69, 9.17) is 15.2 Å². The molecule has 0 bridgehead atoms. The van der Waals surface area contributed by atoms with Gasteiger partial charge in [-0.15, -0.1) is 0 Å². The number of rotatable bonds is 8. The van der Waals surface area contributed by atoms with Crippen molar-refractivity contribution in [3.05, 3.63) is 118 Å². The average molecular weight is 462 g/mol. The van der Waals surface area contributed by atoms with E-state index in [1.54, 1.807) is 24.3 Å². The van der Waals surface area contributed by atoms with Crippen molar-refractivity contribution in [2.45, 2.75) is 13.2 Å². The molecule has 0 heterocycles. The molecule has 0 unspecified atom stereocenters. The van der Waals surface area contributed by atoms with Crippen LogP contribution in [-0.2, 0) is 13.2 Å². The number of nitrogen functional groups attached to an aromatic ring is 1. The van der Waals surface area contributed by atoms with E-state index in [-0.39, 0.29) is 35.8 Å². The van der Waals surface area contributed by atoms with Crippen LogP contribution in [0.15, 0.2) is 84.9 Å². The van der Waals surface area contributed by atoms with Crippen LogP contribution in [0.1, 0.15) is 11.1 Å². The maximum absolute atomic E-state index is 14.8. The Morgan fingerprint density at radius 2 is 1.35 bits per heavy atom. The van der Waals surface area contributed by atoms with Gasteiger partial charge in [0.2, 0.25) is 0 Å². The van der Waals surface area contributed by atoms with Crippen LogP contribution < -0.4 is 15.2 Å². The first-order chi connectivity index (χ1) is 16.4. The van der Waals surface area contributed by atoms with Crippen molar-refractivity contribution in [2.24, 2.45) is 0 Å². The largest absolute Gasteiger partial charge is 0.486 e. The summed E-state index contributed by atoms with van der Waals surface area (Å²) < 4.78 is 40.6. The molecule has 0 aliphatic carbocycles. The topological polar surface area (TPSA) is 87.6 Å². The minimum absolute atomic E-state index is 0.0223. The zero-order valence-corrected chi connectivity index (χ0v) is 17.9. The van der Waals surface area contributed by atoms with Crippen molar-refractivity contribution in [3.63, 3.8) is 0 Å². The molecule has 8 heteroatoms. The smallest absolute Gasteiger partial charge is 0.303 e. The zero-order chi connectivity index (χ0) is 24.1. The number of ether oxygens (including phenoxy) is 2. The summed E-state index contributed by atoms with van der Waals surface area (Å²) in [5.74, 6) is -2.07. The molecule has 4 rings (SSSR count). The van der Waals surface area contributed by atoms with Crippen LogP contribution >= 0.6 is 0 Å². The second-order valence-electron chi connectivity index (χ2n) is 7.45. The van der Waals surface area contributed by atoms with Gasteiger partial charge in [-0.3, -0.25) is 10.1 Å². The van der Waals surface area contributed by atoms with Crippen LogP contribution in [0.25, 0.3) is 11.1 Å². The van der Waals surface area contributed by atoms with Gasteiger partial charge in [0.1, 0.15) is 13.2 Å². The highest BCUT2D eigenvalue weighted by atomic mass is 19.1. The van der Waals surface area contributed by atoms with E-state index in [0.717, 1.165) is 23.3 Å². The standard InChI is InChI=1S/C26H20F2N2O4/c27-21-13-19(11-12-22(21)33-15-17-7-3-1-4-8-17)20-14-23(24(28)25(29)26(20)30(31)32)34-16-18-9-5-2-6-10-18/h1-14H,15-16,29H2. The Morgan fingerprint density at radius 1 is 0.794 bits per heavy atom. The van der Waals surface area contributed by atoms with Crippen LogP contribution in [0.3, 0.4) is 0 Å². The fraction of sp³-hybridized carbons (Fsp3) is 0.0769. The highest BCUT2D eigenvalue weighted by Crippen LogP contribution is 2.42. The second kappa shape index (κ2) is 9.99. The summed E-state index contributed by atoms with van der Waals surface area (Å²) in [4.78, 5) is 10.9. The first-order valence-corrected chi connectivity index (χ1v) is 10.3. The van der Waals surface area contributed by atoms with E-state index in [9.17, 15) is 18.9 Å². The Hall–Kier alpha value is -4.46. The van der Waals surface area contributed by atoms with Gasteiger partial charge < -0.3 is 15.2 Å². The average Bonchev–Trinajstić information content (AvgIpc) is 2.85. The quantitative estimate of drug-likeness (QED) is 0.189. The molecule has 0 atom stereocenters. The van der Waals surface area contributed by atoms with Crippen LogP contribution in [0.2, 0.25) is 0 Å². The molecule has 6 nitrogen and oxygen atoms in total. The Kier molecular flexibility index (Phi) is 6.68. The molecule has 0 spiro atoms. The van der Waals surface area contributed by atoms with Crippen LogP contribution in [0.4, 0.5) is 20.2 Å². The summed E-state index contributed by atoms with van der Waals surface area (Å²) in [5, 5.41) is 11.7. The molecule has 4 aromatic carbocycles. The number of nitro groups is 1. The fourth-order valence-corrected chi connectivity index (χ4v) is 3.42. The van der Waals surface area contributed by atoms with Gasteiger partial charge in [0.25, 0.3) is 0 Å². The Morgan fingerprint density at radius 3 is 1.88 bits per heavy atom. The number of nitrogens with zero attached hydrogens (tertiary/aromatic N) is 1. The Bertz CT molecular complexity index is 1320. The lowest BCUT2D eigenvalue weighted by molar-refractivity contribution is -0.383. The highest BCUT2D eigenvalue weighted by Gasteiger charge is 2.27. The highest BCUT2D eigenvalue weighted by molar-refractivity contribution is 5.83. The monoisotopic (exact) mass is 462 g/mol. The van der Waals surface area contributed by atoms with Gasteiger partial charge in [-0.1, -0.05) is 66.7 Å². The van der Waals surface area contributed by atoms with Crippen molar-refractivity contribution in [1.29, 1.82) is 0 Å². The molecule has 0 aliphatic rings. The predicted octanol–water partition coefficient (Wildman–Crippen LogP) is 6.28. The third kappa shape index (κ3) is 4.96. The van der Waals surface area contributed by atoms with Gasteiger partial charge in [-0.25, -0.2) is 8.78 Å². The Balaban J connectivity index is 1.65. The summed E-state index contributed by atoms with van der Waals surface area (Å²) in [5.41, 5.74) is 6.09. The Labute approximate surface area is 194 Å². The normalized spacial score (nSPS) is 10.6. The number of benzene rings is 4. The van der Waals surface area contributed by atoms with E-state index < -0.39 is 27.9 Å². The summed E-state index contributed by atoms with van der Waals surface area (Å²) >= 11 is 0. The number of hydrogen-bond donors (Lipinski definition) is 1. The molecule has 0 saturated heterocycles. The minimum atomic E-state index is -1.05. The van der Waals surface area contributed by atoms with E-state index in [1.807, 2.05) is 36.4 Å². The van der Waals surface area contributed by atoms with Gasteiger partial charge >= 0.3 is 5.69 Å².